The van der Waals surface area contributed by atoms with E-state index in [1.54, 1.807) is 30.7 Å². The molecule has 1 unspecified atom stereocenters. The Bertz CT molecular complexity index is 907. The van der Waals surface area contributed by atoms with Gasteiger partial charge in [-0.05, 0) is 25.0 Å². The molecule has 29 heavy (non-hydrogen) atoms. The van der Waals surface area contributed by atoms with E-state index < -0.39 is 5.82 Å². The molecule has 150 valence electrons. The SMILES string of the molecule is N#Cc1c(F)cccc1N1CCN(C(=O)C2CCCN(c3cnccn3)C2)CC1. The minimum absolute atomic E-state index is 0.0545. The van der Waals surface area contributed by atoms with Gasteiger partial charge in [-0.15, -0.1) is 0 Å². The third-order valence-electron chi connectivity index (χ3n) is 5.68. The van der Waals surface area contributed by atoms with Crippen molar-refractivity contribution in [2.24, 2.45) is 5.92 Å². The first-order chi connectivity index (χ1) is 14.2. The van der Waals surface area contributed by atoms with Gasteiger partial charge in [-0.2, -0.15) is 5.26 Å². The fourth-order valence-corrected chi connectivity index (χ4v) is 4.15. The standard InChI is InChI=1S/C21H23FN6O/c22-18-4-1-5-19(17(18)13-23)26-9-11-27(12-10-26)21(29)16-3-2-8-28(15-16)20-14-24-6-7-25-20/h1,4-7,14,16H,2-3,8-12,15H2. The van der Waals surface area contributed by atoms with Gasteiger partial charge in [-0.25, -0.2) is 9.37 Å². The fourth-order valence-electron chi connectivity index (χ4n) is 4.15. The molecule has 0 saturated carbocycles. The van der Waals surface area contributed by atoms with Crippen molar-refractivity contribution in [3.8, 4) is 6.07 Å². The Labute approximate surface area is 169 Å². The van der Waals surface area contributed by atoms with E-state index in [-0.39, 0.29) is 17.4 Å². The number of nitriles is 1. The largest absolute Gasteiger partial charge is 0.367 e. The number of amides is 1. The van der Waals surface area contributed by atoms with Crippen molar-refractivity contribution in [3.05, 3.63) is 48.2 Å². The molecule has 0 aliphatic carbocycles. The number of rotatable bonds is 3. The summed E-state index contributed by atoms with van der Waals surface area (Å²) in [6.45, 7) is 3.85. The highest BCUT2D eigenvalue weighted by atomic mass is 19.1. The summed E-state index contributed by atoms with van der Waals surface area (Å²) in [5.74, 6) is 0.416. The first-order valence-electron chi connectivity index (χ1n) is 9.90. The Balaban J connectivity index is 1.38. The quantitative estimate of drug-likeness (QED) is 0.793. The van der Waals surface area contributed by atoms with Crippen molar-refractivity contribution in [3.63, 3.8) is 0 Å². The molecule has 0 N–H and O–H groups in total. The summed E-state index contributed by atoms with van der Waals surface area (Å²) in [7, 11) is 0. The molecule has 2 saturated heterocycles. The molecule has 0 radical (unpaired) electrons. The molecule has 2 aliphatic heterocycles. The van der Waals surface area contributed by atoms with Crippen LogP contribution >= 0.6 is 0 Å². The van der Waals surface area contributed by atoms with Crippen LogP contribution in [-0.4, -0.2) is 60.0 Å². The summed E-state index contributed by atoms with van der Waals surface area (Å²) >= 11 is 0. The maximum atomic E-state index is 13.9. The maximum Gasteiger partial charge on any atom is 0.227 e. The first kappa shape index (κ1) is 19.1. The van der Waals surface area contributed by atoms with E-state index in [1.807, 2.05) is 15.9 Å². The van der Waals surface area contributed by atoms with Gasteiger partial charge in [0.1, 0.15) is 23.3 Å². The molecule has 1 aromatic carbocycles. The van der Waals surface area contributed by atoms with Gasteiger partial charge >= 0.3 is 0 Å². The first-order valence-corrected chi connectivity index (χ1v) is 9.90. The number of hydrogen-bond donors (Lipinski definition) is 0. The van der Waals surface area contributed by atoms with E-state index in [1.165, 1.54) is 6.07 Å². The van der Waals surface area contributed by atoms with Gasteiger partial charge in [-0.3, -0.25) is 9.78 Å². The van der Waals surface area contributed by atoms with Crippen LogP contribution in [0.25, 0.3) is 0 Å². The number of piperidine rings is 1. The van der Waals surface area contributed by atoms with Gasteiger partial charge in [0.05, 0.1) is 17.8 Å². The zero-order chi connectivity index (χ0) is 20.2. The second-order valence-electron chi connectivity index (χ2n) is 7.41. The number of benzene rings is 1. The summed E-state index contributed by atoms with van der Waals surface area (Å²) < 4.78 is 13.9. The zero-order valence-corrected chi connectivity index (χ0v) is 16.2. The van der Waals surface area contributed by atoms with Gasteiger partial charge < -0.3 is 14.7 Å². The number of nitrogens with zero attached hydrogens (tertiary/aromatic N) is 6. The lowest BCUT2D eigenvalue weighted by Crippen LogP contribution is -2.52. The Hall–Kier alpha value is -3.21. The Morgan fingerprint density at radius 1 is 1.14 bits per heavy atom. The lowest BCUT2D eigenvalue weighted by Gasteiger charge is -2.40. The van der Waals surface area contributed by atoms with Gasteiger partial charge in [-0.1, -0.05) is 6.07 Å². The minimum Gasteiger partial charge on any atom is -0.367 e. The molecule has 1 aromatic heterocycles. The average molecular weight is 394 g/mol. The molecule has 4 rings (SSSR count). The molecule has 3 heterocycles. The van der Waals surface area contributed by atoms with Gasteiger partial charge in [0.25, 0.3) is 0 Å². The van der Waals surface area contributed by atoms with Gasteiger partial charge in [0.15, 0.2) is 0 Å². The van der Waals surface area contributed by atoms with Crippen molar-refractivity contribution in [2.75, 3.05) is 49.1 Å². The predicted molar refractivity (Wildman–Crippen MR) is 107 cm³/mol. The second kappa shape index (κ2) is 8.43. The van der Waals surface area contributed by atoms with Crippen LogP contribution < -0.4 is 9.80 Å². The third kappa shape index (κ3) is 3.99. The van der Waals surface area contributed by atoms with E-state index >= 15 is 0 Å². The molecule has 0 bridgehead atoms. The van der Waals surface area contributed by atoms with Crippen molar-refractivity contribution < 1.29 is 9.18 Å². The number of carbonyl (C=O) groups excluding carboxylic acids is 1. The summed E-state index contributed by atoms with van der Waals surface area (Å²) in [5, 5.41) is 9.26. The number of piperazine rings is 1. The van der Waals surface area contributed by atoms with Crippen molar-refractivity contribution in [1.29, 1.82) is 5.26 Å². The minimum atomic E-state index is -0.505. The van der Waals surface area contributed by atoms with Crippen molar-refractivity contribution in [2.45, 2.75) is 12.8 Å². The Morgan fingerprint density at radius 2 is 1.97 bits per heavy atom. The van der Waals surface area contributed by atoms with E-state index in [4.69, 9.17) is 0 Å². The monoisotopic (exact) mass is 394 g/mol. The number of halogens is 1. The molecule has 7 nitrogen and oxygen atoms in total. The molecule has 1 atom stereocenters. The lowest BCUT2D eigenvalue weighted by atomic mass is 9.96. The van der Waals surface area contributed by atoms with Gasteiger partial charge in [0.2, 0.25) is 5.91 Å². The molecular formula is C21H23FN6O. The summed E-state index contributed by atoms with van der Waals surface area (Å²) in [6.07, 6.45) is 6.87. The summed E-state index contributed by atoms with van der Waals surface area (Å²) in [4.78, 5) is 27.6. The van der Waals surface area contributed by atoms with Crippen molar-refractivity contribution >= 4 is 17.4 Å². The Morgan fingerprint density at radius 3 is 2.69 bits per heavy atom. The van der Waals surface area contributed by atoms with Crippen LogP contribution in [0, 0.1) is 23.1 Å². The van der Waals surface area contributed by atoms with E-state index in [0.29, 0.717) is 38.4 Å². The van der Waals surface area contributed by atoms with E-state index in [9.17, 15) is 14.4 Å². The smallest absolute Gasteiger partial charge is 0.227 e. The average Bonchev–Trinajstić information content (AvgIpc) is 2.79. The van der Waals surface area contributed by atoms with Crippen LogP contribution in [-0.2, 0) is 4.79 Å². The van der Waals surface area contributed by atoms with E-state index in [0.717, 1.165) is 25.2 Å². The normalized spacial score (nSPS) is 19.7. The molecule has 2 fully saturated rings. The highest BCUT2D eigenvalue weighted by Gasteiger charge is 2.32. The maximum absolute atomic E-state index is 13.9. The van der Waals surface area contributed by atoms with Crippen LogP contribution in [0.2, 0.25) is 0 Å². The van der Waals surface area contributed by atoms with Crippen LogP contribution in [0.3, 0.4) is 0 Å². The fraction of sp³-hybridized carbons (Fsp3) is 0.429. The van der Waals surface area contributed by atoms with Crippen LogP contribution in [0.4, 0.5) is 15.9 Å². The van der Waals surface area contributed by atoms with Crippen molar-refractivity contribution in [1.82, 2.24) is 14.9 Å². The summed E-state index contributed by atoms with van der Waals surface area (Å²) in [5.41, 5.74) is 0.672. The highest BCUT2D eigenvalue weighted by molar-refractivity contribution is 5.80. The van der Waals surface area contributed by atoms with E-state index in [2.05, 4.69) is 14.9 Å². The molecular weight excluding hydrogens is 371 g/mol. The topological polar surface area (TPSA) is 76.4 Å². The second-order valence-corrected chi connectivity index (χ2v) is 7.41. The number of carbonyl (C=O) groups is 1. The summed E-state index contributed by atoms with van der Waals surface area (Å²) in [6, 6.07) is 6.63. The molecule has 1 amide bonds. The number of hydrogen-bond acceptors (Lipinski definition) is 6. The third-order valence-corrected chi connectivity index (χ3v) is 5.68. The number of anilines is 2. The lowest BCUT2D eigenvalue weighted by molar-refractivity contribution is -0.136. The molecule has 8 heteroatoms. The van der Waals surface area contributed by atoms with Crippen LogP contribution in [0.1, 0.15) is 18.4 Å². The molecule has 0 spiro atoms. The van der Waals surface area contributed by atoms with Crippen LogP contribution in [0.15, 0.2) is 36.8 Å². The molecule has 2 aliphatic rings. The zero-order valence-electron chi connectivity index (χ0n) is 16.2. The molecule has 2 aromatic rings. The Kier molecular flexibility index (Phi) is 5.56. The highest BCUT2D eigenvalue weighted by Crippen LogP contribution is 2.26. The number of aromatic nitrogens is 2. The van der Waals surface area contributed by atoms with Gasteiger partial charge in [0, 0.05) is 51.7 Å². The van der Waals surface area contributed by atoms with Crippen LogP contribution in [0.5, 0.6) is 0 Å². The predicted octanol–water partition coefficient (Wildman–Crippen LogP) is 2.05.